The molecule has 2 aliphatic heterocycles. The van der Waals surface area contributed by atoms with Crippen molar-refractivity contribution in [2.45, 2.75) is 71.3 Å². The van der Waals surface area contributed by atoms with E-state index in [0.29, 0.717) is 6.42 Å². The quantitative estimate of drug-likeness (QED) is 0.570. The van der Waals surface area contributed by atoms with Crippen molar-refractivity contribution in [3.05, 3.63) is 36.2 Å². The fourth-order valence-corrected chi connectivity index (χ4v) is 3.79. The molecule has 1 aromatic rings. The summed E-state index contributed by atoms with van der Waals surface area (Å²) in [6.45, 7) is 10.1. The minimum Gasteiger partial charge on any atom is -0.463 e. The van der Waals surface area contributed by atoms with Gasteiger partial charge in [0.25, 0.3) is 5.97 Å². The molecule has 1 aromatic heterocycles. The zero-order valence-corrected chi connectivity index (χ0v) is 18.2. The summed E-state index contributed by atoms with van der Waals surface area (Å²) in [6.07, 6.45) is 1.27. The van der Waals surface area contributed by atoms with Crippen molar-refractivity contribution in [2.24, 2.45) is 5.92 Å². The van der Waals surface area contributed by atoms with Crippen molar-refractivity contribution in [1.82, 2.24) is 4.98 Å². The standard InChI is InChI=1S/C22H29NO8/c1-6-16-9-8-15(10-23-16)11-27-22(5)30-20-19(28-14(4)25)17(7-2)18(12-26-13(3)24)29-21(20)31-22/h6,8-10,17-21H,1,7,11-12H2,2-5H3. The number of pyridine rings is 1. The van der Waals surface area contributed by atoms with E-state index in [1.54, 1.807) is 19.2 Å². The fraction of sp³-hybridized carbons (Fsp3) is 0.591. The molecule has 0 radical (unpaired) electrons. The average molecular weight is 435 g/mol. The Morgan fingerprint density at radius 3 is 2.61 bits per heavy atom. The lowest BCUT2D eigenvalue weighted by molar-refractivity contribution is -0.348. The van der Waals surface area contributed by atoms with Gasteiger partial charge in [-0.1, -0.05) is 19.6 Å². The van der Waals surface area contributed by atoms with Crippen LogP contribution in [0.3, 0.4) is 0 Å². The van der Waals surface area contributed by atoms with Crippen molar-refractivity contribution in [3.8, 4) is 0 Å². The summed E-state index contributed by atoms with van der Waals surface area (Å²) < 4.78 is 34.6. The van der Waals surface area contributed by atoms with Crippen LogP contribution >= 0.6 is 0 Å². The third kappa shape index (κ3) is 5.68. The first-order valence-electron chi connectivity index (χ1n) is 10.3. The molecule has 3 heterocycles. The molecule has 0 aliphatic carbocycles. The number of fused-ring (bicyclic) bond motifs is 1. The van der Waals surface area contributed by atoms with Gasteiger partial charge >= 0.3 is 11.9 Å². The Morgan fingerprint density at radius 2 is 2.03 bits per heavy atom. The van der Waals surface area contributed by atoms with Crippen LogP contribution in [0.2, 0.25) is 0 Å². The van der Waals surface area contributed by atoms with E-state index >= 15 is 0 Å². The van der Waals surface area contributed by atoms with Gasteiger partial charge in [-0.15, -0.1) is 0 Å². The van der Waals surface area contributed by atoms with E-state index in [-0.39, 0.29) is 19.1 Å². The zero-order valence-electron chi connectivity index (χ0n) is 18.2. The average Bonchev–Trinajstić information content (AvgIpc) is 3.07. The first kappa shape index (κ1) is 23.3. The van der Waals surface area contributed by atoms with Crippen molar-refractivity contribution in [3.63, 3.8) is 0 Å². The largest absolute Gasteiger partial charge is 0.463 e. The molecule has 9 heteroatoms. The van der Waals surface area contributed by atoms with E-state index in [9.17, 15) is 9.59 Å². The molecular weight excluding hydrogens is 406 g/mol. The Balaban J connectivity index is 1.73. The second-order valence-corrected chi connectivity index (χ2v) is 7.64. The number of aromatic nitrogens is 1. The van der Waals surface area contributed by atoms with Crippen molar-refractivity contribution < 1.29 is 38.0 Å². The minimum absolute atomic E-state index is 0.0249. The summed E-state index contributed by atoms with van der Waals surface area (Å²) in [5, 5.41) is 0. The molecule has 31 heavy (non-hydrogen) atoms. The van der Waals surface area contributed by atoms with Gasteiger partial charge in [-0.05, 0) is 24.1 Å². The van der Waals surface area contributed by atoms with Crippen molar-refractivity contribution >= 4 is 18.0 Å². The zero-order chi connectivity index (χ0) is 22.6. The molecule has 0 bridgehead atoms. The Morgan fingerprint density at radius 1 is 1.26 bits per heavy atom. The van der Waals surface area contributed by atoms with Crippen LogP contribution in [0.25, 0.3) is 6.08 Å². The van der Waals surface area contributed by atoms with Crippen LogP contribution in [0.4, 0.5) is 0 Å². The molecule has 0 saturated carbocycles. The van der Waals surface area contributed by atoms with Crippen LogP contribution in [-0.2, 0) is 44.6 Å². The van der Waals surface area contributed by atoms with Gasteiger partial charge in [0, 0.05) is 32.9 Å². The number of nitrogens with zero attached hydrogens (tertiary/aromatic N) is 1. The number of hydrogen-bond acceptors (Lipinski definition) is 9. The highest BCUT2D eigenvalue weighted by Crippen LogP contribution is 2.42. The third-order valence-corrected chi connectivity index (χ3v) is 5.26. The van der Waals surface area contributed by atoms with Crippen LogP contribution < -0.4 is 0 Å². The molecule has 2 aliphatic rings. The summed E-state index contributed by atoms with van der Waals surface area (Å²) in [5.41, 5.74) is 1.59. The number of carbonyl (C=O) groups excluding carboxylic acids is 2. The lowest BCUT2D eigenvalue weighted by Gasteiger charge is -2.41. The predicted molar refractivity (Wildman–Crippen MR) is 108 cm³/mol. The van der Waals surface area contributed by atoms with Gasteiger partial charge < -0.3 is 23.7 Å². The van der Waals surface area contributed by atoms with E-state index in [0.717, 1.165) is 11.3 Å². The van der Waals surface area contributed by atoms with Crippen molar-refractivity contribution in [1.29, 1.82) is 0 Å². The lowest BCUT2D eigenvalue weighted by atomic mass is 9.87. The second kappa shape index (κ2) is 9.86. The molecule has 6 atom stereocenters. The Bertz CT molecular complexity index is 797. The second-order valence-electron chi connectivity index (χ2n) is 7.64. The number of hydrogen-bond donors (Lipinski definition) is 0. The third-order valence-electron chi connectivity index (χ3n) is 5.26. The highest BCUT2D eigenvalue weighted by Gasteiger charge is 2.57. The molecule has 0 N–H and O–H groups in total. The molecule has 6 unspecified atom stereocenters. The van der Waals surface area contributed by atoms with Gasteiger partial charge in [-0.2, -0.15) is 0 Å². The molecular formula is C22H29NO8. The van der Waals surface area contributed by atoms with Crippen LogP contribution in [0.5, 0.6) is 0 Å². The minimum atomic E-state index is -1.42. The highest BCUT2D eigenvalue weighted by atomic mass is 16.9. The number of carbonyl (C=O) groups is 2. The number of rotatable bonds is 8. The van der Waals surface area contributed by atoms with Gasteiger partial charge in [0.2, 0.25) is 0 Å². The normalized spacial score (nSPS) is 32.2. The summed E-state index contributed by atoms with van der Waals surface area (Å²) >= 11 is 0. The molecule has 0 amide bonds. The highest BCUT2D eigenvalue weighted by molar-refractivity contribution is 5.66. The molecule has 2 fully saturated rings. The number of ether oxygens (including phenoxy) is 6. The Hall–Kier alpha value is -2.33. The lowest BCUT2D eigenvalue weighted by Crippen LogP contribution is -2.55. The first-order chi connectivity index (χ1) is 14.7. The Labute approximate surface area is 181 Å². The van der Waals surface area contributed by atoms with Gasteiger partial charge in [0.05, 0.1) is 12.3 Å². The van der Waals surface area contributed by atoms with Gasteiger partial charge in [0.1, 0.15) is 18.8 Å². The Kier molecular flexibility index (Phi) is 7.42. The SMILES string of the molecule is C=Cc1ccc(COC2(C)OC3OC(COC(C)=O)C(CC)C(OC(C)=O)C3O2)cn1. The van der Waals surface area contributed by atoms with Crippen LogP contribution in [0.15, 0.2) is 24.9 Å². The van der Waals surface area contributed by atoms with Gasteiger partial charge in [-0.3, -0.25) is 19.3 Å². The maximum atomic E-state index is 11.8. The predicted octanol–water partition coefficient (Wildman–Crippen LogP) is 2.58. The number of esters is 2. The first-order valence-corrected chi connectivity index (χ1v) is 10.3. The van der Waals surface area contributed by atoms with E-state index in [1.165, 1.54) is 13.8 Å². The summed E-state index contributed by atoms with van der Waals surface area (Å²) in [4.78, 5) is 27.3. The summed E-state index contributed by atoms with van der Waals surface area (Å²) in [7, 11) is 0. The van der Waals surface area contributed by atoms with Crippen LogP contribution in [0, 0.1) is 5.92 Å². The van der Waals surface area contributed by atoms with E-state index in [4.69, 9.17) is 28.4 Å². The summed E-state index contributed by atoms with van der Waals surface area (Å²) in [6, 6.07) is 3.70. The van der Waals surface area contributed by atoms with E-state index in [1.807, 2.05) is 19.1 Å². The molecule has 2 saturated heterocycles. The fourth-order valence-electron chi connectivity index (χ4n) is 3.79. The monoisotopic (exact) mass is 435 g/mol. The topological polar surface area (TPSA) is 102 Å². The van der Waals surface area contributed by atoms with Crippen molar-refractivity contribution in [2.75, 3.05) is 6.61 Å². The molecule has 0 spiro atoms. The summed E-state index contributed by atoms with van der Waals surface area (Å²) in [5.74, 6) is -2.52. The van der Waals surface area contributed by atoms with Crippen LogP contribution in [0.1, 0.15) is 45.4 Å². The maximum absolute atomic E-state index is 11.8. The molecule has 0 aromatic carbocycles. The van der Waals surface area contributed by atoms with Gasteiger partial charge in [0.15, 0.2) is 12.4 Å². The van der Waals surface area contributed by atoms with Gasteiger partial charge in [-0.25, -0.2) is 0 Å². The van der Waals surface area contributed by atoms with E-state index < -0.39 is 42.5 Å². The smallest absolute Gasteiger partial charge is 0.303 e. The van der Waals surface area contributed by atoms with Crippen LogP contribution in [-0.4, -0.2) is 54.1 Å². The van der Waals surface area contributed by atoms with E-state index in [2.05, 4.69) is 11.6 Å². The molecule has 3 rings (SSSR count). The molecule has 9 nitrogen and oxygen atoms in total. The maximum Gasteiger partial charge on any atom is 0.303 e. The molecule has 170 valence electrons.